The molecule has 3 aromatic heterocycles. The van der Waals surface area contributed by atoms with E-state index >= 15 is 0 Å². The van der Waals surface area contributed by atoms with Crippen LogP contribution in [-0.2, 0) is 0 Å². The van der Waals surface area contributed by atoms with E-state index in [2.05, 4.69) is 139 Å². The lowest BCUT2D eigenvalue weighted by Crippen LogP contribution is -2.06. The summed E-state index contributed by atoms with van der Waals surface area (Å²) < 4.78 is 6.28. The molecule has 0 aliphatic heterocycles. The third-order valence-electron chi connectivity index (χ3n) is 8.89. The molecule has 2 nitrogen and oxygen atoms in total. The second-order valence-corrected chi connectivity index (χ2v) is 12.5. The third kappa shape index (κ3) is 3.70. The van der Waals surface area contributed by atoms with E-state index in [-0.39, 0.29) is 0 Å². The van der Waals surface area contributed by atoms with Crippen molar-refractivity contribution in [3.8, 4) is 5.69 Å². The lowest BCUT2D eigenvalue weighted by Gasteiger charge is -2.22. The quantitative estimate of drug-likeness (QED) is 0.185. The standard InChI is InChI=1S/C39H32N2S/c1-4-5-6-16-34-26(3)29-13-7-10-17-35(29)40(34)27-20-21-38-32(23-27)33-24-28(22-25(2)39(33)42-38)41-36-18-11-8-14-30(36)31-15-9-12-19-37(31)41/h4,6-21,23-25H,1,5,22H2,2-3H3/b16-6-. The van der Waals surface area contributed by atoms with Crippen LogP contribution in [0, 0.1) is 6.92 Å². The number of allylic oxidation sites excluding steroid dienone is 3. The van der Waals surface area contributed by atoms with Gasteiger partial charge in [-0.1, -0.05) is 73.7 Å². The highest BCUT2D eigenvalue weighted by Crippen LogP contribution is 2.47. The van der Waals surface area contributed by atoms with Gasteiger partial charge in [0.25, 0.3) is 0 Å². The highest BCUT2D eigenvalue weighted by Gasteiger charge is 2.25. The van der Waals surface area contributed by atoms with Gasteiger partial charge in [-0.3, -0.25) is 0 Å². The fourth-order valence-electron chi connectivity index (χ4n) is 6.97. The maximum absolute atomic E-state index is 3.91. The Hall–Kier alpha value is -4.60. The molecule has 8 rings (SSSR count). The fraction of sp³-hybridized carbons (Fsp3) is 0.128. The Morgan fingerprint density at radius 1 is 0.810 bits per heavy atom. The molecule has 4 aromatic carbocycles. The molecule has 1 aliphatic carbocycles. The topological polar surface area (TPSA) is 9.86 Å². The Kier molecular flexibility index (Phi) is 5.84. The molecular weight excluding hydrogens is 529 g/mol. The Balaban J connectivity index is 1.36. The summed E-state index contributed by atoms with van der Waals surface area (Å²) >= 11 is 1.96. The molecule has 204 valence electrons. The van der Waals surface area contributed by atoms with Crippen molar-refractivity contribution >= 4 is 72.0 Å². The van der Waals surface area contributed by atoms with Gasteiger partial charge in [0, 0.05) is 48.2 Å². The lowest BCUT2D eigenvalue weighted by atomic mass is 9.92. The Morgan fingerprint density at radius 2 is 1.45 bits per heavy atom. The smallest absolute Gasteiger partial charge is 0.0537 e. The minimum Gasteiger partial charge on any atom is -0.313 e. The number of hydrogen-bond acceptors (Lipinski definition) is 1. The van der Waals surface area contributed by atoms with Crippen molar-refractivity contribution in [2.24, 2.45) is 0 Å². The van der Waals surface area contributed by atoms with Crippen molar-refractivity contribution < 1.29 is 0 Å². The first-order chi connectivity index (χ1) is 20.6. The van der Waals surface area contributed by atoms with Crippen LogP contribution in [0.5, 0.6) is 0 Å². The van der Waals surface area contributed by atoms with Gasteiger partial charge in [-0.05, 0) is 85.4 Å². The Morgan fingerprint density at radius 3 is 2.14 bits per heavy atom. The van der Waals surface area contributed by atoms with Crippen molar-refractivity contribution in [3.63, 3.8) is 0 Å². The summed E-state index contributed by atoms with van der Waals surface area (Å²) in [5.74, 6) is 0.452. The number of aryl methyl sites for hydroxylation is 1. The number of rotatable bonds is 5. The zero-order chi connectivity index (χ0) is 28.4. The Bertz CT molecular complexity index is 2190. The van der Waals surface area contributed by atoms with Crippen molar-refractivity contribution in [2.45, 2.75) is 32.6 Å². The van der Waals surface area contributed by atoms with Crippen LogP contribution in [0.15, 0.2) is 110 Å². The van der Waals surface area contributed by atoms with Gasteiger partial charge < -0.3 is 9.13 Å². The van der Waals surface area contributed by atoms with Gasteiger partial charge in [0.05, 0.1) is 16.6 Å². The second-order valence-electron chi connectivity index (χ2n) is 11.5. The van der Waals surface area contributed by atoms with Gasteiger partial charge in [-0.15, -0.1) is 17.9 Å². The summed E-state index contributed by atoms with van der Waals surface area (Å²) in [6, 6.07) is 33.4. The molecule has 1 unspecified atom stereocenters. The maximum Gasteiger partial charge on any atom is 0.0537 e. The molecule has 0 amide bonds. The summed E-state index contributed by atoms with van der Waals surface area (Å²) in [5, 5.41) is 5.27. The number of hydrogen-bond donors (Lipinski definition) is 0. The predicted octanol–water partition coefficient (Wildman–Crippen LogP) is 11.4. The first kappa shape index (κ1) is 25.1. The van der Waals surface area contributed by atoms with Crippen LogP contribution < -0.4 is 0 Å². The minimum absolute atomic E-state index is 0.452. The number of fused-ring (bicyclic) bond motifs is 7. The number of benzene rings is 4. The van der Waals surface area contributed by atoms with E-state index in [0.717, 1.165) is 12.8 Å². The van der Waals surface area contributed by atoms with Gasteiger partial charge in [-0.25, -0.2) is 0 Å². The first-order valence-corrected chi connectivity index (χ1v) is 15.6. The molecule has 0 bridgehead atoms. The van der Waals surface area contributed by atoms with E-state index in [1.54, 1.807) is 0 Å². The number of aromatic nitrogens is 2. The molecular formula is C39H32N2S. The monoisotopic (exact) mass is 560 g/mol. The van der Waals surface area contributed by atoms with Crippen LogP contribution in [0.4, 0.5) is 0 Å². The summed E-state index contributed by atoms with van der Waals surface area (Å²) in [4.78, 5) is 1.49. The normalized spacial score (nSPS) is 15.3. The summed E-state index contributed by atoms with van der Waals surface area (Å²) in [5.41, 5.74) is 10.3. The highest BCUT2D eigenvalue weighted by molar-refractivity contribution is 7.19. The van der Waals surface area contributed by atoms with Gasteiger partial charge in [0.15, 0.2) is 0 Å². The van der Waals surface area contributed by atoms with E-state index in [1.807, 2.05) is 17.4 Å². The van der Waals surface area contributed by atoms with Crippen molar-refractivity contribution in [3.05, 3.63) is 131 Å². The van der Waals surface area contributed by atoms with Gasteiger partial charge in [0.2, 0.25) is 0 Å². The van der Waals surface area contributed by atoms with E-state index in [1.165, 1.54) is 75.9 Å². The molecule has 1 aliphatic rings. The Labute approximate surface area is 250 Å². The van der Waals surface area contributed by atoms with Crippen molar-refractivity contribution in [1.29, 1.82) is 0 Å². The molecule has 0 fully saturated rings. The maximum atomic E-state index is 3.91. The van der Waals surface area contributed by atoms with Crippen LogP contribution in [0.2, 0.25) is 0 Å². The van der Waals surface area contributed by atoms with Crippen LogP contribution in [0.1, 0.15) is 47.4 Å². The number of nitrogens with zero attached hydrogens (tertiary/aromatic N) is 2. The first-order valence-electron chi connectivity index (χ1n) is 14.8. The van der Waals surface area contributed by atoms with E-state index in [9.17, 15) is 0 Å². The SMILES string of the molecule is C=CC/C=C\c1c(C)c2ccccc2n1-c1ccc2sc3c(c2c1)C=C(n1c2ccccc2c2ccccc21)CC3C. The zero-order valence-electron chi connectivity index (χ0n) is 24.0. The molecule has 3 heterocycles. The van der Waals surface area contributed by atoms with Crippen LogP contribution in [-0.4, -0.2) is 9.13 Å². The molecule has 42 heavy (non-hydrogen) atoms. The minimum atomic E-state index is 0.452. The molecule has 0 spiro atoms. The molecule has 3 heteroatoms. The second kappa shape index (κ2) is 9.75. The molecule has 0 saturated carbocycles. The van der Waals surface area contributed by atoms with Gasteiger partial charge in [-0.2, -0.15) is 0 Å². The lowest BCUT2D eigenvalue weighted by molar-refractivity contribution is 0.781. The van der Waals surface area contributed by atoms with Gasteiger partial charge in [0.1, 0.15) is 0 Å². The van der Waals surface area contributed by atoms with E-state index < -0.39 is 0 Å². The summed E-state index contributed by atoms with van der Waals surface area (Å²) in [6.45, 7) is 8.53. The average molecular weight is 561 g/mol. The van der Waals surface area contributed by atoms with E-state index in [4.69, 9.17) is 0 Å². The molecule has 0 radical (unpaired) electrons. The number of para-hydroxylation sites is 3. The largest absolute Gasteiger partial charge is 0.313 e. The van der Waals surface area contributed by atoms with Crippen LogP contribution in [0.25, 0.3) is 66.3 Å². The van der Waals surface area contributed by atoms with E-state index in [0.29, 0.717) is 5.92 Å². The predicted molar refractivity (Wildman–Crippen MR) is 184 cm³/mol. The van der Waals surface area contributed by atoms with Crippen LogP contribution in [0.3, 0.4) is 0 Å². The molecule has 0 N–H and O–H groups in total. The van der Waals surface area contributed by atoms with Crippen LogP contribution >= 0.6 is 11.3 Å². The highest BCUT2D eigenvalue weighted by atomic mass is 32.1. The van der Waals surface area contributed by atoms with Crippen molar-refractivity contribution in [1.82, 2.24) is 9.13 Å². The third-order valence-corrected chi connectivity index (χ3v) is 10.3. The summed E-state index contributed by atoms with van der Waals surface area (Å²) in [7, 11) is 0. The molecule has 0 saturated heterocycles. The molecule has 7 aromatic rings. The average Bonchev–Trinajstić information content (AvgIpc) is 3.65. The van der Waals surface area contributed by atoms with Crippen molar-refractivity contribution in [2.75, 3.05) is 0 Å². The zero-order valence-corrected chi connectivity index (χ0v) is 24.8. The van der Waals surface area contributed by atoms with Gasteiger partial charge >= 0.3 is 0 Å². The molecule has 1 atom stereocenters. The number of thiophene rings is 1. The fourth-order valence-corrected chi connectivity index (χ4v) is 8.19. The summed E-state index contributed by atoms with van der Waals surface area (Å²) in [6.07, 6.45) is 10.8.